The van der Waals surface area contributed by atoms with Gasteiger partial charge in [0.25, 0.3) is 0 Å². The Kier molecular flexibility index (Phi) is 3.67. The first kappa shape index (κ1) is 13.1. The Morgan fingerprint density at radius 1 is 1.25 bits per heavy atom. The zero-order chi connectivity index (χ0) is 13.9. The third-order valence-electron chi connectivity index (χ3n) is 3.15. The van der Waals surface area contributed by atoms with E-state index in [2.05, 4.69) is 24.0 Å². The molecule has 0 aliphatic rings. The van der Waals surface area contributed by atoms with Crippen LogP contribution in [-0.4, -0.2) is 11.5 Å². The van der Waals surface area contributed by atoms with Gasteiger partial charge in [-0.1, -0.05) is 6.07 Å². The Balaban J connectivity index is 1.87. The van der Waals surface area contributed by atoms with Crippen LogP contribution < -0.4 is 10.5 Å². The van der Waals surface area contributed by atoms with Gasteiger partial charge in [-0.15, -0.1) is 11.3 Å². The molecular formula is C16H16N2OS. The highest BCUT2D eigenvalue weighted by Crippen LogP contribution is 2.28. The maximum Gasteiger partial charge on any atom is 0.145 e. The monoisotopic (exact) mass is 284 g/mol. The van der Waals surface area contributed by atoms with E-state index in [1.54, 1.807) is 17.5 Å². The molecule has 0 fully saturated rings. The average molecular weight is 284 g/mol. The van der Waals surface area contributed by atoms with Crippen molar-refractivity contribution in [2.45, 2.75) is 13.0 Å². The lowest BCUT2D eigenvalue weighted by Gasteiger charge is -2.16. The van der Waals surface area contributed by atoms with E-state index in [1.165, 1.54) is 4.88 Å². The molecule has 1 aromatic carbocycles. The Bertz CT molecular complexity index is 723. The summed E-state index contributed by atoms with van der Waals surface area (Å²) in [6, 6.07) is 14.1. The third-order valence-corrected chi connectivity index (χ3v) is 4.24. The van der Waals surface area contributed by atoms with Crippen molar-refractivity contribution in [2.75, 3.05) is 6.54 Å². The summed E-state index contributed by atoms with van der Waals surface area (Å²) in [5.41, 5.74) is 6.77. The quantitative estimate of drug-likeness (QED) is 0.795. The van der Waals surface area contributed by atoms with Crippen molar-refractivity contribution in [3.8, 4) is 5.75 Å². The molecule has 3 rings (SSSR count). The van der Waals surface area contributed by atoms with Gasteiger partial charge in [0.15, 0.2) is 0 Å². The summed E-state index contributed by atoms with van der Waals surface area (Å²) >= 11 is 1.72. The van der Waals surface area contributed by atoms with E-state index < -0.39 is 0 Å². The van der Waals surface area contributed by atoms with Gasteiger partial charge in [0.05, 0.1) is 5.52 Å². The van der Waals surface area contributed by atoms with Crippen LogP contribution in [0, 0.1) is 6.92 Å². The number of ether oxygens (including phenoxy) is 1. The molecule has 2 heterocycles. The van der Waals surface area contributed by atoms with Crippen LogP contribution in [0.3, 0.4) is 0 Å². The van der Waals surface area contributed by atoms with Gasteiger partial charge in [0.2, 0.25) is 0 Å². The number of pyridine rings is 1. The third kappa shape index (κ3) is 2.66. The van der Waals surface area contributed by atoms with E-state index in [0.717, 1.165) is 21.5 Å². The highest BCUT2D eigenvalue weighted by Gasteiger charge is 2.13. The van der Waals surface area contributed by atoms with Crippen molar-refractivity contribution in [2.24, 2.45) is 5.73 Å². The van der Waals surface area contributed by atoms with E-state index >= 15 is 0 Å². The molecule has 102 valence electrons. The van der Waals surface area contributed by atoms with Crippen molar-refractivity contribution in [1.82, 2.24) is 4.98 Å². The highest BCUT2D eigenvalue weighted by atomic mass is 32.1. The molecule has 0 aliphatic heterocycles. The Morgan fingerprint density at radius 3 is 2.90 bits per heavy atom. The number of hydrogen-bond acceptors (Lipinski definition) is 4. The molecule has 3 aromatic rings. The first-order chi connectivity index (χ1) is 9.76. The van der Waals surface area contributed by atoms with Crippen LogP contribution in [0.15, 0.2) is 48.7 Å². The van der Waals surface area contributed by atoms with Crippen LogP contribution in [0.4, 0.5) is 0 Å². The number of thiophene rings is 1. The lowest BCUT2D eigenvalue weighted by atomic mass is 10.2. The lowest BCUT2D eigenvalue weighted by Crippen LogP contribution is -2.17. The van der Waals surface area contributed by atoms with Crippen molar-refractivity contribution in [1.29, 1.82) is 0 Å². The molecule has 0 spiro atoms. The van der Waals surface area contributed by atoms with E-state index in [0.29, 0.717) is 6.54 Å². The summed E-state index contributed by atoms with van der Waals surface area (Å²) in [6.45, 7) is 2.54. The first-order valence-corrected chi connectivity index (χ1v) is 7.36. The van der Waals surface area contributed by atoms with Gasteiger partial charge in [-0.05, 0) is 37.3 Å². The van der Waals surface area contributed by atoms with Gasteiger partial charge in [-0.2, -0.15) is 0 Å². The van der Waals surface area contributed by atoms with Crippen LogP contribution in [0.2, 0.25) is 0 Å². The molecule has 1 unspecified atom stereocenters. The number of hydrogen-bond donors (Lipinski definition) is 1. The second-order valence-corrected chi connectivity index (χ2v) is 5.97. The van der Waals surface area contributed by atoms with Gasteiger partial charge in [0.1, 0.15) is 11.9 Å². The summed E-state index contributed by atoms with van der Waals surface area (Å²) in [7, 11) is 0. The van der Waals surface area contributed by atoms with Crippen LogP contribution in [-0.2, 0) is 0 Å². The summed E-state index contributed by atoms with van der Waals surface area (Å²) in [5.74, 6) is 0.803. The Labute approximate surface area is 122 Å². The van der Waals surface area contributed by atoms with E-state index in [-0.39, 0.29) is 6.10 Å². The molecule has 0 saturated carbocycles. The average Bonchev–Trinajstić information content (AvgIpc) is 2.91. The lowest BCUT2D eigenvalue weighted by molar-refractivity contribution is 0.218. The molecule has 1 atom stereocenters. The topological polar surface area (TPSA) is 48.1 Å². The zero-order valence-electron chi connectivity index (χ0n) is 11.2. The van der Waals surface area contributed by atoms with Crippen molar-refractivity contribution in [3.05, 3.63) is 58.4 Å². The van der Waals surface area contributed by atoms with Crippen molar-refractivity contribution in [3.63, 3.8) is 0 Å². The van der Waals surface area contributed by atoms with Crippen molar-refractivity contribution < 1.29 is 4.74 Å². The molecule has 0 bridgehead atoms. The number of aryl methyl sites for hydroxylation is 1. The number of rotatable bonds is 4. The van der Waals surface area contributed by atoms with Gasteiger partial charge < -0.3 is 10.5 Å². The largest absolute Gasteiger partial charge is 0.483 e. The number of nitrogens with two attached hydrogens (primary N) is 1. The van der Waals surface area contributed by atoms with Gasteiger partial charge in [0, 0.05) is 33.9 Å². The number of fused-ring (bicyclic) bond motifs is 1. The number of aromatic nitrogens is 1. The molecule has 2 aromatic heterocycles. The normalized spacial score (nSPS) is 12.5. The minimum atomic E-state index is -0.102. The van der Waals surface area contributed by atoms with E-state index in [9.17, 15) is 0 Å². The van der Waals surface area contributed by atoms with Gasteiger partial charge >= 0.3 is 0 Å². The number of nitrogens with zero attached hydrogens (tertiary/aromatic N) is 1. The van der Waals surface area contributed by atoms with Crippen LogP contribution >= 0.6 is 11.3 Å². The maximum absolute atomic E-state index is 6.02. The zero-order valence-corrected chi connectivity index (χ0v) is 12.1. The van der Waals surface area contributed by atoms with E-state index in [1.807, 2.05) is 30.3 Å². The predicted molar refractivity (Wildman–Crippen MR) is 83.2 cm³/mol. The van der Waals surface area contributed by atoms with Crippen LogP contribution in [0.5, 0.6) is 5.75 Å². The van der Waals surface area contributed by atoms with Gasteiger partial charge in [-0.3, -0.25) is 4.98 Å². The van der Waals surface area contributed by atoms with Crippen molar-refractivity contribution >= 4 is 22.2 Å². The smallest absolute Gasteiger partial charge is 0.145 e. The molecule has 0 radical (unpaired) electrons. The van der Waals surface area contributed by atoms with Gasteiger partial charge in [-0.25, -0.2) is 0 Å². The predicted octanol–water partition coefficient (Wildman–Crippen LogP) is 3.68. The SMILES string of the molecule is Cc1ccc(C(CN)Oc2ccc3cccnc3c2)s1. The minimum absolute atomic E-state index is 0.102. The van der Waals surface area contributed by atoms with E-state index in [4.69, 9.17) is 10.5 Å². The molecule has 0 amide bonds. The Hall–Kier alpha value is -1.91. The fourth-order valence-corrected chi connectivity index (χ4v) is 3.05. The van der Waals surface area contributed by atoms with Crippen LogP contribution in [0.1, 0.15) is 15.9 Å². The summed E-state index contributed by atoms with van der Waals surface area (Å²) in [6.07, 6.45) is 1.68. The molecule has 4 heteroatoms. The second-order valence-electron chi connectivity index (χ2n) is 4.65. The highest BCUT2D eigenvalue weighted by molar-refractivity contribution is 7.12. The van der Waals surface area contributed by atoms with Crippen LogP contribution in [0.25, 0.3) is 10.9 Å². The second kappa shape index (κ2) is 5.61. The Morgan fingerprint density at radius 2 is 2.15 bits per heavy atom. The maximum atomic E-state index is 6.02. The molecule has 0 aliphatic carbocycles. The standard InChI is InChI=1S/C16H16N2OS/c1-11-4-7-16(20-11)15(10-17)19-13-6-5-12-3-2-8-18-14(12)9-13/h2-9,15H,10,17H2,1H3. The fourth-order valence-electron chi connectivity index (χ4n) is 2.13. The first-order valence-electron chi connectivity index (χ1n) is 6.54. The summed E-state index contributed by atoms with van der Waals surface area (Å²) < 4.78 is 6.02. The summed E-state index contributed by atoms with van der Waals surface area (Å²) in [5, 5.41) is 1.11. The molecule has 20 heavy (non-hydrogen) atoms. The number of benzene rings is 1. The summed E-state index contributed by atoms with van der Waals surface area (Å²) in [4.78, 5) is 6.77. The molecule has 3 nitrogen and oxygen atoms in total. The fraction of sp³-hybridized carbons (Fsp3) is 0.188. The molecule has 0 saturated heterocycles. The minimum Gasteiger partial charge on any atom is -0.483 e. The molecular weight excluding hydrogens is 268 g/mol. The molecule has 2 N–H and O–H groups in total.